The molecule has 1 heterocycles. The molecule has 26 heavy (non-hydrogen) atoms. The van der Waals surface area contributed by atoms with E-state index >= 15 is 0 Å². The van der Waals surface area contributed by atoms with E-state index in [0.29, 0.717) is 26.2 Å². The Bertz CT molecular complexity index is 575. The van der Waals surface area contributed by atoms with Crippen LogP contribution in [0.2, 0.25) is 0 Å². The lowest BCUT2D eigenvalue weighted by atomic mass is 9.96. The topological polar surface area (TPSA) is 87.0 Å². The monoisotopic (exact) mass is 408 g/mol. The van der Waals surface area contributed by atoms with Crippen molar-refractivity contribution in [2.75, 3.05) is 33.2 Å². The fraction of sp³-hybridized carbons (Fsp3) is 0.941. The summed E-state index contributed by atoms with van der Waals surface area (Å²) in [4.78, 5) is 14.4. The van der Waals surface area contributed by atoms with Gasteiger partial charge in [0.1, 0.15) is 0 Å². The smallest absolute Gasteiger partial charge is 0.282 e. The Morgan fingerprint density at radius 3 is 2.15 bits per heavy atom. The van der Waals surface area contributed by atoms with Crippen molar-refractivity contribution in [3.63, 3.8) is 0 Å². The van der Waals surface area contributed by atoms with Gasteiger partial charge in [-0.25, -0.2) is 0 Å². The molecule has 3 fully saturated rings. The van der Waals surface area contributed by atoms with Crippen LogP contribution in [0.5, 0.6) is 0 Å². The van der Waals surface area contributed by atoms with Gasteiger partial charge < -0.3 is 10.6 Å². The largest absolute Gasteiger partial charge is 0.340 e. The van der Waals surface area contributed by atoms with Gasteiger partial charge in [0, 0.05) is 51.2 Å². The highest BCUT2D eigenvalue weighted by molar-refractivity contribution is 7.86. The normalized spacial score (nSPS) is 29.0. The van der Waals surface area contributed by atoms with Gasteiger partial charge in [-0.1, -0.05) is 19.3 Å². The average Bonchev–Trinajstić information content (AvgIpc) is 3.07. The maximum atomic E-state index is 12.9. The van der Waals surface area contributed by atoms with Crippen molar-refractivity contribution in [2.45, 2.75) is 63.5 Å². The van der Waals surface area contributed by atoms with Crippen LogP contribution in [0.25, 0.3) is 0 Å². The first kappa shape index (κ1) is 21.9. The minimum atomic E-state index is -3.43. The molecule has 3 rings (SSSR count). The Morgan fingerprint density at radius 1 is 1.00 bits per heavy atom. The number of hydrogen-bond donors (Lipinski definition) is 1. The lowest BCUT2D eigenvalue weighted by Gasteiger charge is -2.39. The van der Waals surface area contributed by atoms with Crippen LogP contribution in [-0.2, 0) is 15.0 Å². The van der Waals surface area contributed by atoms with Crippen LogP contribution < -0.4 is 5.73 Å². The molecule has 9 heteroatoms. The first-order valence-electron chi connectivity index (χ1n) is 9.67. The van der Waals surface area contributed by atoms with Gasteiger partial charge in [-0.05, 0) is 32.1 Å². The highest BCUT2D eigenvalue weighted by Crippen LogP contribution is 2.28. The lowest BCUT2D eigenvalue weighted by molar-refractivity contribution is -0.136. The maximum absolute atomic E-state index is 12.9. The zero-order chi connectivity index (χ0) is 18.0. The molecular formula is C17H33ClN4O3S. The maximum Gasteiger partial charge on any atom is 0.282 e. The molecule has 0 radical (unpaired) electrons. The molecule has 2 aliphatic carbocycles. The van der Waals surface area contributed by atoms with Crippen LogP contribution in [0, 0.1) is 5.92 Å². The average molecular weight is 409 g/mol. The number of nitrogens with two attached hydrogens (primary N) is 1. The van der Waals surface area contributed by atoms with Gasteiger partial charge >= 0.3 is 0 Å². The number of carbonyl (C=O) groups excluding carboxylic acids is 1. The van der Waals surface area contributed by atoms with Crippen LogP contribution in [0.3, 0.4) is 0 Å². The molecule has 2 saturated carbocycles. The van der Waals surface area contributed by atoms with Crippen molar-refractivity contribution in [3.05, 3.63) is 0 Å². The molecule has 3 aliphatic rings. The molecule has 0 aromatic heterocycles. The number of rotatable bonds is 4. The van der Waals surface area contributed by atoms with Gasteiger partial charge in [-0.15, -0.1) is 12.4 Å². The molecule has 2 N–H and O–H groups in total. The number of nitrogens with zero attached hydrogens (tertiary/aromatic N) is 3. The first-order valence-corrected chi connectivity index (χ1v) is 11.1. The second-order valence-corrected chi connectivity index (χ2v) is 9.80. The summed E-state index contributed by atoms with van der Waals surface area (Å²) in [5, 5.41) is 0. The fourth-order valence-electron chi connectivity index (χ4n) is 4.45. The van der Waals surface area contributed by atoms with E-state index < -0.39 is 10.2 Å². The fourth-order valence-corrected chi connectivity index (χ4v) is 6.03. The van der Waals surface area contributed by atoms with Gasteiger partial charge in [0.2, 0.25) is 5.91 Å². The predicted octanol–water partition coefficient (Wildman–Crippen LogP) is 1.19. The molecule has 0 aromatic carbocycles. The number of piperazine rings is 1. The molecular weight excluding hydrogens is 376 g/mol. The van der Waals surface area contributed by atoms with E-state index in [1.54, 1.807) is 15.7 Å². The summed E-state index contributed by atoms with van der Waals surface area (Å²) in [6.45, 7) is 1.76. The number of halogens is 1. The van der Waals surface area contributed by atoms with Crippen molar-refractivity contribution in [1.29, 1.82) is 0 Å². The van der Waals surface area contributed by atoms with Gasteiger partial charge in [0.05, 0.1) is 0 Å². The molecule has 1 saturated heterocycles. The van der Waals surface area contributed by atoms with Crippen molar-refractivity contribution in [3.8, 4) is 0 Å². The van der Waals surface area contributed by atoms with E-state index in [9.17, 15) is 13.2 Å². The van der Waals surface area contributed by atoms with E-state index in [4.69, 9.17) is 5.73 Å². The van der Waals surface area contributed by atoms with Gasteiger partial charge in [0.15, 0.2) is 0 Å². The Labute approximate surface area is 163 Å². The summed E-state index contributed by atoms with van der Waals surface area (Å²) >= 11 is 0. The third-order valence-electron chi connectivity index (χ3n) is 6.15. The molecule has 2 atom stereocenters. The van der Waals surface area contributed by atoms with Crippen LogP contribution in [0.4, 0.5) is 0 Å². The molecule has 0 spiro atoms. The van der Waals surface area contributed by atoms with Crippen molar-refractivity contribution in [1.82, 2.24) is 13.5 Å². The molecule has 7 nitrogen and oxygen atoms in total. The predicted molar refractivity (Wildman–Crippen MR) is 104 cm³/mol. The van der Waals surface area contributed by atoms with Crippen molar-refractivity contribution < 1.29 is 13.2 Å². The Hall–Kier alpha value is -0.410. The minimum Gasteiger partial charge on any atom is -0.340 e. The quantitative estimate of drug-likeness (QED) is 0.756. The number of amides is 1. The SMILES string of the molecule is CN(C1CCCCC1)S(=O)(=O)N1CCN(C(=O)C2CCC(N)C2)CC1.Cl. The Kier molecular flexibility index (Phi) is 7.73. The van der Waals surface area contributed by atoms with E-state index in [1.807, 2.05) is 4.90 Å². The molecule has 0 bridgehead atoms. The van der Waals surface area contributed by atoms with Crippen molar-refractivity contribution >= 4 is 28.5 Å². The second-order valence-electron chi connectivity index (χ2n) is 7.81. The van der Waals surface area contributed by atoms with Crippen LogP contribution in [0.15, 0.2) is 0 Å². The summed E-state index contributed by atoms with van der Waals surface area (Å²) in [6.07, 6.45) is 7.87. The number of carbonyl (C=O) groups is 1. The third kappa shape index (κ3) is 4.70. The standard InChI is InChI=1S/C17H32N4O3S.ClH/c1-19(16-5-3-2-4-6-16)25(23,24)21-11-9-20(10-12-21)17(22)14-7-8-15(18)13-14;/h14-16H,2-13,18H2,1H3;1H. The van der Waals surface area contributed by atoms with Crippen LogP contribution in [0.1, 0.15) is 51.4 Å². The summed E-state index contributed by atoms with van der Waals surface area (Å²) in [7, 11) is -1.72. The summed E-state index contributed by atoms with van der Waals surface area (Å²) < 4.78 is 28.9. The Morgan fingerprint density at radius 2 is 1.62 bits per heavy atom. The Balaban J connectivity index is 0.00000243. The van der Waals surface area contributed by atoms with E-state index in [-0.39, 0.29) is 36.3 Å². The number of hydrogen-bond acceptors (Lipinski definition) is 4. The zero-order valence-electron chi connectivity index (χ0n) is 15.7. The highest BCUT2D eigenvalue weighted by Gasteiger charge is 2.37. The van der Waals surface area contributed by atoms with Crippen molar-refractivity contribution in [2.24, 2.45) is 11.7 Å². The van der Waals surface area contributed by atoms with E-state index in [1.165, 1.54) is 6.42 Å². The second kappa shape index (κ2) is 9.19. The zero-order valence-corrected chi connectivity index (χ0v) is 17.3. The molecule has 2 unspecified atom stereocenters. The molecule has 152 valence electrons. The van der Waals surface area contributed by atoms with Gasteiger partial charge in [-0.3, -0.25) is 4.79 Å². The summed E-state index contributed by atoms with van der Waals surface area (Å²) in [6, 6.07) is 0.262. The first-order chi connectivity index (χ1) is 11.9. The van der Waals surface area contributed by atoms with Gasteiger partial charge in [-0.2, -0.15) is 17.0 Å². The summed E-state index contributed by atoms with van der Waals surface area (Å²) in [5.41, 5.74) is 5.91. The lowest BCUT2D eigenvalue weighted by Crippen LogP contribution is -2.55. The highest BCUT2D eigenvalue weighted by atomic mass is 35.5. The third-order valence-corrected chi connectivity index (χ3v) is 8.20. The minimum absolute atomic E-state index is 0. The molecule has 1 aliphatic heterocycles. The van der Waals surface area contributed by atoms with Crippen LogP contribution >= 0.6 is 12.4 Å². The van der Waals surface area contributed by atoms with E-state index in [2.05, 4.69) is 0 Å². The molecule has 0 aromatic rings. The van der Waals surface area contributed by atoms with E-state index in [0.717, 1.165) is 44.9 Å². The van der Waals surface area contributed by atoms with Crippen LogP contribution in [-0.4, -0.2) is 73.1 Å². The molecule has 1 amide bonds. The summed E-state index contributed by atoms with van der Waals surface area (Å²) in [5.74, 6) is 0.189. The van der Waals surface area contributed by atoms with Gasteiger partial charge in [0.25, 0.3) is 10.2 Å².